The zero-order valence-corrected chi connectivity index (χ0v) is 33.2. The van der Waals surface area contributed by atoms with Gasteiger partial charge >= 0.3 is 0 Å². The highest BCUT2D eigenvalue weighted by molar-refractivity contribution is 5.96. The second-order valence-corrected chi connectivity index (χ2v) is 15.9. The molecule has 2 N–H and O–H groups in total. The van der Waals surface area contributed by atoms with Gasteiger partial charge in [0.1, 0.15) is 11.6 Å². The molecule has 2 aromatic heterocycles. The van der Waals surface area contributed by atoms with Crippen molar-refractivity contribution in [2.24, 2.45) is 11.1 Å². The average molecular weight is 775 g/mol. The average Bonchev–Trinajstić information content (AvgIpc) is 3.57. The van der Waals surface area contributed by atoms with Gasteiger partial charge in [0, 0.05) is 87.2 Å². The maximum atomic E-state index is 14.5. The molecule has 4 heterocycles. The van der Waals surface area contributed by atoms with E-state index in [4.69, 9.17) is 24.7 Å². The Hall–Kier alpha value is -5.46. The number of nitrogens with two attached hydrogens (primary N) is 1. The number of benzene rings is 2. The van der Waals surface area contributed by atoms with Gasteiger partial charge in [0.25, 0.3) is 11.8 Å². The van der Waals surface area contributed by atoms with Gasteiger partial charge in [-0.1, -0.05) is 36.4 Å². The first-order valence-electron chi connectivity index (χ1n) is 19.7. The van der Waals surface area contributed by atoms with E-state index >= 15 is 0 Å². The van der Waals surface area contributed by atoms with Crippen molar-refractivity contribution in [3.63, 3.8) is 0 Å². The van der Waals surface area contributed by atoms with E-state index in [1.807, 2.05) is 24.3 Å². The summed E-state index contributed by atoms with van der Waals surface area (Å²) in [5.74, 6) is 0.871. The van der Waals surface area contributed by atoms with E-state index in [0.29, 0.717) is 35.5 Å². The largest absolute Gasteiger partial charge is 0.481 e. The molecule has 1 saturated carbocycles. The van der Waals surface area contributed by atoms with Crippen LogP contribution >= 0.6 is 0 Å². The smallest absolute Gasteiger partial charge is 0.257 e. The van der Waals surface area contributed by atoms with Gasteiger partial charge in [-0.3, -0.25) is 14.6 Å². The number of pyridine rings is 2. The SMILES string of the molecule is C=C(C)c1ccccc1[C@@H]1CN(Cc2cc(OC)nc(OC)c2)CCN1C1CC2(CCN(c3ccc(C(N)=O)c(Oc4cc5c(nc4OC)CC=C5F)c3)CC2)C1. The summed E-state index contributed by atoms with van der Waals surface area (Å²) in [7, 11) is 4.75. The summed E-state index contributed by atoms with van der Waals surface area (Å²) in [5.41, 5.74) is 12.9. The Labute approximate surface area is 333 Å². The fourth-order valence-corrected chi connectivity index (χ4v) is 9.31. The predicted molar refractivity (Wildman–Crippen MR) is 219 cm³/mol. The van der Waals surface area contributed by atoms with Crippen molar-refractivity contribution >= 4 is 23.0 Å². The highest BCUT2D eigenvalue weighted by Crippen LogP contribution is 2.53. The normalized spacial score (nSPS) is 19.4. The molecule has 57 heavy (non-hydrogen) atoms. The van der Waals surface area contributed by atoms with Crippen molar-refractivity contribution in [2.45, 2.75) is 57.7 Å². The minimum absolute atomic E-state index is 0.221. The third kappa shape index (κ3) is 7.68. The molecular formula is C45H51FN6O5. The predicted octanol–water partition coefficient (Wildman–Crippen LogP) is 7.60. The molecule has 0 unspecified atom stereocenters. The van der Waals surface area contributed by atoms with Crippen LogP contribution in [0.25, 0.3) is 11.4 Å². The lowest BCUT2D eigenvalue weighted by molar-refractivity contribution is -0.0626. The van der Waals surface area contributed by atoms with Crippen molar-refractivity contribution in [1.29, 1.82) is 0 Å². The lowest BCUT2D eigenvalue weighted by atomic mass is 9.59. The fourth-order valence-electron chi connectivity index (χ4n) is 9.31. The van der Waals surface area contributed by atoms with Crippen LogP contribution in [-0.2, 0) is 13.0 Å². The minimum atomic E-state index is -0.614. The number of hydrogen-bond acceptors (Lipinski definition) is 10. The number of allylic oxidation sites excluding steroid dienone is 2. The Morgan fingerprint density at radius 3 is 2.33 bits per heavy atom. The molecular weight excluding hydrogens is 724 g/mol. The number of ether oxygens (including phenoxy) is 4. The summed E-state index contributed by atoms with van der Waals surface area (Å²) in [6.07, 6.45) is 6.34. The summed E-state index contributed by atoms with van der Waals surface area (Å²) >= 11 is 0. The number of anilines is 1. The standard InChI is InChI=1S/C45H51FN6O5/c1-28(2)32-8-6-7-9-33(32)38-27-50(26-29-20-41(54-3)49-42(21-29)55-4)18-19-52(38)31-24-45(25-31)14-16-51(17-15-45)30-10-11-34(43(47)53)39(22-30)57-40-23-35-36(46)12-13-37(35)48-44(40)56-5/h6-12,20-23,31,38H,1,13-19,24-27H2,2-5H3,(H2,47,53)/t38-/m0/s1. The summed E-state index contributed by atoms with van der Waals surface area (Å²) in [4.78, 5) is 29.0. The highest BCUT2D eigenvalue weighted by Gasteiger charge is 2.50. The van der Waals surface area contributed by atoms with Crippen LogP contribution in [0, 0.1) is 5.41 Å². The van der Waals surface area contributed by atoms with Gasteiger partial charge in [0.2, 0.25) is 11.8 Å². The van der Waals surface area contributed by atoms with Crippen LogP contribution in [0.5, 0.6) is 29.1 Å². The minimum Gasteiger partial charge on any atom is -0.481 e. The third-order valence-corrected chi connectivity index (χ3v) is 12.4. The summed E-state index contributed by atoms with van der Waals surface area (Å²) in [6.45, 7) is 11.8. The summed E-state index contributed by atoms with van der Waals surface area (Å²) in [5, 5.41) is 0. The van der Waals surface area contributed by atoms with Crippen LogP contribution in [-0.4, -0.2) is 85.8 Å². The van der Waals surface area contributed by atoms with E-state index in [2.05, 4.69) is 62.4 Å². The molecule has 12 heteroatoms. The quantitative estimate of drug-likeness (QED) is 0.154. The van der Waals surface area contributed by atoms with Crippen molar-refractivity contribution in [3.05, 3.63) is 107 Å². The number of piperidine rings is 1. The topological polar surface area (TPSA) is 116 Å². The van der Waals surface area contributed by atoms with Crippen LogP contribution < -0.4 is 29.6 Å². The number of nitrogens with zero attached hydrogens (tertiary/aromatic N) is 5. The number of piperazine rings is 1. The number of primary amides is 1. The second kappa shape index (κ2) is 15.8. The number of hydrogen-bond donors (Lipinski definition) is 1. The number of carbonyl (C=O) groups excluding carboxylic acids is 1. The number of fused-ring (bicyclic) bond motifs is 1. The number of rotatable bonds is 12. The highest BCUT2D eigenvalue weighted by atomic mass is 19.1. The molecule has 2 saturated heterocycles. The molecule has 1 atom stereocenters. The van der Waals surface area contributed by atoms with Crippen LogP contribution in [0.4, 0.5) is 10.1 Å². The number of methoxy groups -OCH3 is 3. The number of halogens is 1. The first-order chi connectivity index (χ1) is 27.6. The molecule has 2 aromatic carbocycles. The van der Waals surface area contributed by atoms with Gasteiger partial charge in [-0.2, -0.15) is 4.98 Å². The van der Waals surface area contributed by atoms with E-state index < -0.39 is 5.91 Å². The molecule has 4 aliphatic rings. The Bertz CT molecular complexity index is 2190. The van der Waals surface area contributed by atoms with Gasteiger partial charge < -0.3 is 29.6 Å². The molecule has 0 radical (unpaired) electrons. The van der Waals surface area contributed by atoms with E-state index in [0.717, 1.165) is 81.8 Å². The number of aromatic nitrogens is 2. The number of amides is 1. The van der Waals surface area contributed by atoms with Crippen LogP contribution in [0.3, 0.4) is 0 Å². The van der Waals surface area contributed by atoms with E-state index in [9.17, 15) is 9.18 Å². The molecule has 4 aromatic rings. The van der Waals surface area contributed by atoms with Crippen molar-refractivity contribution in [3.8, 4) is 29.1 Å². The Balaban J connectivity index is 0.963. The van der Waals surface area contributed by atoms with Crippen molar-refractivity contribution in [2.75, 3.05) is 59.0 Å². The molecule has 2 aliphatic carbocycles. The summed E-state index contributed by atoms with van der Waals surface area (Å²) < 4.78 is 37.2. The maximum Gasteiger partial charge on any atom is 0.257 e. The Morgan fingerprint density at radius 1 is 0.912 bits per heavy atom. The van der Waals surface area contributed by atoms with Crippen LogP contribution in [0.2, 0.25) is 0 Å². The maximum absolute atomic E-state index is 14.5. The summed E-state index contributed by atoms with van der Waals surface area (Å²) in [6, 6.07) is 20.5. The molecule has 8 rings (SSSR count). The zero-order chi connectivity index (χ0) is 39.8. The Morgan fingerprint density at radius 2 is 1.65 bits per heavy atom. The molecule has 1 amide bonds. The van der Waals surface area contributed by atoms with Gasteiger partial charge in [0.15, 0.2) is 5.75 Å². The van der Waals surface area contributed by atoms with Gasteiger partial charge in [-0.15, -0.1) is 0 Å². The van der Waals surface area contributed by atoms with Crippen molar-refractivity contribution < 1.29 is 28.1 Å². The molecule has 1 spiro atoms. The second-order valence-electron chi connectivity index (χ2n) is 15.9. The first kappa shape index (κ1) is 38.4. The van der Waals surface area contributed by atoms with Gasteiger partial charge in [-0.05, 0) is 79.0 Å². The van der Waals surface area contributed by atoms with Gasteiger partial charge in [0.05, 0.1) is 32.6 Å². The monoisotopic (exact) mass is 774 g/mol. The lowest BCUT2D eigenvalue weighted by Gasteiger charge is -2.58. The molecule has 11 nitrogen and oxygen atoms in total. The van der Waals surface area contributed by atoms with Crippen molar-refractivity contribution in [1.82, 2.24) is 19.8 Å². The first-order valence-corrected chi connectivity index (χ1v) is 19.7. The molecule has 3 fully saturated rings. The fraction of sp³-hybridized carbons (Fsp3) is 0.400. The third-order valence-electron chi connectivity index (χ3n) is 12.4. The zero-order valence-electron chi connectivity index (χ0n) is 33.2. The van der Waals surface area contributed by atoms with Gasteiger partial charge in [-0.25, -0.2) is 9.37 Å². The molecule has 2 aliphatic heterocycles. The lowest BCUT2D eigenvalue weighted by Crippen LogP contribution is -2.59. The van der Waals surface area contributed by atoms with E-state index in [-0.39, 0.29) is 40.2 Å². The van der Waals surface area contributed by atoms with E-state index in [1.54, 1.807) is 26.4 Å². The Kier molecular flexibility index (Phi) is 10.7. The van der Waals surface area contributed by atoms with Crippen LogP contribution in [0.15, 0.2) is 73.3 Å². The van der Waals surface area contributed by atoms with E-state index in [1.165, 1.54) is 24.3 Å². The molecule has 0 bridgehead atoms. The number of carbonyl (C=O) groups is 1. The van der Waals surface area contributed by atoms with Crippen LogP contribution in [0.1, 0.15) is 77.0 Å². The molecule has 298 valence electrons.